The molecule has 0 aliphatic heterocycles. The fourth-order valence-corrected chi connectivity index (χ4v) is 8.10. The Kier molecular flexibility index (Phi) is 6.94. The van der Waals surface area contributed by atoms with Gasteiger partial charge in [-0.3, -0.25) is 4.79 Å². The Balaban J connectivity index is 1.45. The Bertz CT molecular complexity index is 1040. The Hall–Kier alpha value is -1.96. The van der Waals surface area contributed by atoms with E-state index in [4.69, 9.17) is 4.98 Å². The molecule has 0 saturated heterocycles. The van der Waals surface area contributed by atoms with E-state index in [2.05, 4.69) is 29.7 Å². The third kappa shape index (κ3) is 4.63. The van der Waals surface area contributed by atoms with Crippen molar-refractivity contribution >= 4 is 22.4 Å². The summed E-state index contributed by atoms with van der Waals surface area (Å²) in [5, 5.41) is 29.0. The van der Waals surface area contributed by atoms with Gasteiger partial charge in [0.25, 0.3) is 0 Å². The van der Waals surface area contributed by atoms with E-state index in [1.165, 1.54) is 23.3 Å². The van der Waals surface area contributed by atoms with E-state index >= 15 is 0 Å². The topological polar surface area (TPSA) is 94.5 Å². The van der Waals surface area contributed by atoms with E-state index in [-0.39, 0.29) is 29.8 Å². The van der Waals surface area contributed by atoms with Crippen LogP contribution >= 0.6 is 11.3 Å². The minimum atomic E-state index is -0.591. The second-order valence-electron chi connectivity index (χ2n) is 11.5. The minimum Gasteiger partial charge on any atom is -0.396 e. The number of fused-ring (bicyclic) bond motifs is 2. The molecule has 1 aromatic heterocycles. The van der Waals surface area contributed by atoms with Crippen LogP contribution in [0, 0.1) is 16.7 Å². The molecule has 0 radical (unpaired) electrons. The first-order valence-corrected chi connectivity index (χ1v) is 14.0. The van der Waals surface area contributed by atoms with Gasteiger partial charge in [-0.25, -0.2) is 4.98 Å². The summed E-state index contributed by atoms with van der Waals surface area (Å²) < 4.78 is 0. The van der Waals surface area contributed by atoms with Crippen LogP contribution in [-0.2, 0) is 17.8 Å². The van der Waals surface area contributed by atoms with Gasteiger partial charge in [-0.15, -0.1) is 11.3 Å². The fourth-order valence-electron chi connectivity index (χ4n) is 7.04. The zero-order valence-electron chi connectivity index (χ0n) is 20.9. The molecule has 2 saturated carbocycles. The lowest BCUT2D eigenvalue weighted by molar-refractivity contribution is -0.144. The van der Waals surface area contributed by atoms with Gasteiger partial charge in [-0.1, -0.05) is 57.0 Å². The lowest BCUT2D eigenvalue weighted by atomic mass is 9.47. The van der Waals surface area contributed by atoms with E-state index in [1.54, 1.807) is 11.3 Å². The van der Waals surface area contributed by atoms with Crippen LogP contribution in [0.4, 0.5) is 5.13 Å². The van der Waals surface area contributed by atoms with Gasteiger partial charge in [0.15, 0.2) is 5.13 Å². The number of hydrogen-bond acceptors (Lipinski definition) is 6. The summed E-state index contributed by atoms with van der Waals surface area (Å²) in [5.74, 6) is 0.167. The average molecular weight is 498 g/mol. The zero-order valence-corrected chi connectivity index (χ0v) is 21.7. The molecular formula is C28H39N3O3S. The number of aliphatic hydroxyl groups is 2. The lowest BCUT2D eigenvalue weighted by Crippen LogP contribution is -2.57. The van der Waals surface area contributed by atoms with Crippen molar-refractivity contribution < 1.29 is 15.0 Å². The van der Waals surface area contributed by atoms with Crippen LogP contribution in [0.2, 0.25) is 0 Å². The highest BCUT2D eigenvalue weighted by Gasteiger charge is 2.59. The maximum Gasteiger partial charge on any atom is 0.220 e. The summed E-state index contributed by atoms with van der Waals surface area (Å²) in [4.78, 5) is 19.5. The molecule has 35 heavy (non-hydrogen) atoms. The molecule has 7 heteroatoms. The molecule has 3 aliphatic rings. The van der Waals surface area contributed by atoms with E-state index in [9.17, 15) is 15.0 Å². The molecule has 190 valence electrons. The third-order valence-electron chi connectivity index (χ3n) is 9.29. The van der Waals surface area contributed by atoms with Crippen LogP contribution < -0.4 is 10.6 Å². The van der Waals surface area contributed by atoms with Crippen molar-refractivity contribution in [2.24, 2.45) is 16.7 Å². The largest absolute Gasteiger partial charge is 0.396 e. The average Bonchev–Trinajstić information content (AvgIpc) is 3.52. The van der Waals surface area contributed by atoms with E-state index in [0.717, 1.165) is 36.5 Å². The number of carbonyl (C=O) groups excluding carboxylic acids is 1. The molecule has 0 spiro atoms. The van der Waals surface area contributed by atoms with Gasteiger partial charge in [0, 0.05) is 35.2 Å². The molecule has 2 fully saturated rings. The van der Waals surface area contributed by atoms with Crippen molar-refractivity contribution in [1.29, 1.82) is 0 Å². The second kappa shape index (κ2) is 9.83. The van der Waals surface area contributed by atoms with Gasteiger partial charge in [0.1, 0.15) is 0 Å². The number of aliphatic hydroxyl groups excluding tert-OH is 2. The summed E-state index contributed by atoms with van der Waals surface area (Å²) in [6, 6.07) is 10.6. The van der Waals surface area contributed by atoms with E-state index < -0.39 is 11.5 Å². The first-order chi connectivity index (χ1) is 16.8. The van der Waals surface area contributed by atoms with Gasteiger partial charge in [0.2, 0.25) is 5.91 Å². The first kappa shape index (κ1) is 24.7. The molecule has 6 nitrogen and oxygen atoms in total. The Morgan fingerprint density at radius 1 is 1.17 bits per heavy atom. The summed E-state index contributed by atoms with van der Waals surface area (Å²) in [6.45, 7) is 4.94. The predicted molar refractivity (Wildman–Crippen MR) is 139 cm³/mol. The summed E-state index contributed by atoms with van der Waals surface area (Å²) >= 11 is 1.67. The third-order valence-corrected chi connectivity index (χ3v) is 10.3. The standard InChI is InChI=1S/C28H39N3O3S/c1-27-13-12-23(33)28(2,17-32)22(27)15-21-25(20(27)14-24(34)30-19-10-6-7-11-19)31-26(35-21)29-16-18-8-4-3-5-9-18/h3-5,8-9,19-20,22-23,32-33H,6-7,10-17H2,1-2H3,(H,29,31)(H,30,34)/t20-,22+,23-,27+,28+/m1/s1. The molecule has 1 heterocycles. The summed E-state index contributed by atoms with van der Waals surface area (Å²) in [7, 11) is 0. The SMILES string of the molecule is C[C@]1(CO)[C@H]2Cc3sc(NCc4ccccc4)nc3[C@@H](CC(=O)NC3CCCC3)[C@]2(C)CC[C@H]1O. The van der Waals surface area contributed by atoms with Gasteiger partial charge >= 0.3 is 0 Å². The number of rotatable bonds is 7. The van der Waals surface area contributed by atoms with Gasteiger partial charge in [-0.2, -0.15) is 0 Å². The number of aromatic nitrogens is 1. The number of nitrogens with zero attached hydrogens (tertiary/aromatic N) is 1. The molecule has 5 atom stereocenters. The fraction of sp³-hybridized carbons (Fsp3) is 0.643. The van der Waals surface area contributed by atoms with Crippen molar-refractivity contribution in [2.45, 2.75) is 89.8 Å². The first-order valence-electron chi connectivity index (χ1n) is 13.2. The molecule has 5 rings (SSSR count). The number of hydrogen-bond donors (Lipinski definition) is 4. The number of nitrogens with one attached hydrogen (secondary N) is 2. The van der Waals surface area contributed by atoms with Crippen molar-refractivity contribution in [3.05, 3.63) is 46.5 Å². The molecule has 2 aromatic rings. The summed E-state index contributed by atoms with van der Waals surface area (Å²) in [6.07, 6.45) is 6.65. The Morgan fingerprint density at radius 2 is 1.91 bits per heavy atom. The van der Waals surface area contributed by atoms with Crippen molar-refractivity contribution in [1.82, 2.24) is 10.3 Å². The van der Waals surface area contributed by atoms with Crippen LogP contribution in [0.1, 0.15) is 80.8 Å². The van der Waals surface area contributed by atoms with Crippen LogP contribution in [-0.4, -0.2) is 39.9 Å². The molecule has 1 aromatic carbocycles. The predicted octanol–water partition coefficient (Wildman–Crippen LogP) is 4.62. The number of anilines is 1. The van der Waals surface area contributed by atoms with E-state index in [0.29, 0.717) is 25.4 Å². The van der Waals surface area contributed by atoms with Crippen molar-refractivity contribution in [3.8, 4) is 0 Å². The quantitative estimate of drug-likeness (QED) is 0.448. The number of thiazole rings is 1. The van der Waals surface area contributed by atoms with Crippen LogP contribution in [0.5, 0.6) is 0 Å². The van der Waals surface area contributed by atoms with Crippen LogP contribution in [0.25, 0.3) is 0 Å². The minimum absolute atomic E-state index is 0.0282. The second-order valence-corrected chi connectivity index (χ2v) is 12.5. The number of carbonyl (C=O) groups is 1. The molecule has 0 unspecified atom stereocenters. The van der Waals surface area contributed by atoms with E-state index in [1.807, 2.05) is 25.1 Å². The normalized spacial score (nSPS) is 32.6. The smallest absolute Gasteiger partial charge is 0.220 e. The summed E-state index contributed by atoms with van der Waals surface area (Å²) in [5.41, 5.74) is 1.45. The van der Waals surface area contributed by atoms with Crippen LogP contribution in [0.3, 0.4) is 0 Å². The van der Waals surface area contributed by atoms with Gasteiger partial charge < -0.3 is 20.8 Å². The van der Waals surface area contributed by atoms with Crippen molar-refractivity contribution in [3.63, 3.8) is 0 Å². The number of benzene rings is 1. The molecule has 1 amide bonds. The van der Waals surface area contributed by atoms with Gasteiger partial charge in [0.05, 0.1) is 18.4 Å². The highest BCUT2D eigenvalue weighted by Crippen LogP contribution is 2.62. The molecule has 0 bridgehead atoms. The Labute approximate surface area is 212 Å². The molecular weight excluding hydrogens is 458 g/mol. The molecule has 3 aliphatic carbocycles. The van der Waals surface area contributed by atoms with Crippen molar-refractivity contribution in [2.75, 3.05) is 11.9 Å². The highest BCUT2D eigenvalue weighted by atomic mass is 32.1. The Morgan fingerprint density at radius 3 is 2.63 bits per heavy atom. The maximum atomic E-state index is 13.3. The van der Waals surface area contributed by atoms with Gasteiger partial charge in [-0.05, 0) is 49.0 Å². The van der Waals surface area contributed by atoms with Crippen LogP contribution in [0.15, 0.2) is 30.3 Å². The lowest BCUT2D eigenvalue weighted by Gasteiger charge is -2.58. The zero-order chi connectivity index (χ0) is 24.6. The highest BCUT2D eigenvalue weighted by molar-refractivity contribution is 7.15. The monoisotopic (exact) mass is 497 g/mol. The number of amides is 1. The molecule has 4 N–H and O–H groups in total. The maximum absolute atomic E-state index is 13.3.